The van der Waals surface area contributed by atoms with E-state index >= 15 is 0 Å². The van der Waals surface area contributed by atoms with Crippen LogP contribution in [0, 0.1) is 5.82 Å². The molecule has 1 amide bonds. The highest BCUT2D eigenvalue weighted by molar-refractivity contribution is 6.31. The van der Waals surface area contributed by atoms with E-state index < -0.39 is 6.04 Å². The standard InChI is InChI=1S/C20H23ClFN3O.2ClH/c21-18-11-16(22)9-8-15(18)12-25-10-4-7-17(13-25)24-20(26)19(23)14-5-2-1-3-6-14;;/h1-3,5-6,8-9,11,17,19H,4,7,10,12-13,23H2,(H,24,26);2*1H. The lowest BCUT2D eigenvalue weighted by Gasteiger charge is -2.33. The van der Waals surface area contributed by atoms with Crippen LogP contribution in [0.15, 0.2) is 48.5 Å². The highest BCUT2D eigenvalue weighted by Crippen LogP contribution is 2.21. The van der Waals surface area contributed by atoms with Crippen molar-refractivity contribution in [3.8, 4) is 0 Å². The Balaban J connectivity index is 0.00000196. The maximum absolute atomic E-state index is 13.2. The van der Waals surface area contributed by atoms with Gasteiger partial charge in [0.15, 0.2) is 0 Å². The average molecular weight is 449 g/mol. The van der Waals surface area contributed by atoms with Gasteiger partial charge in [-0.2, -0.15) is 0 Å². The molecule has 1 heterocycles. The molecule has 0 aromatic heterocycles. The Kier molecular flexibility index (Phi) is 10.2. The van der Waals surface area contributed by atoms with Crippen molar-refractivity contribution in [1.29, 1.82) is 0 Å². The van der Waals surface area contributed by atoms with Gasteiger partial charge in [-0.25, -0.2) is 4.39 Å². The van der Waals surface area contributed by atoms with E-state index in [1.807, 2.05) is 30.3 Å². The van der Waals surface area contributed by atoms with E-state index in [9.17, 15) is 9.18 Å². The van der Waals surface area contributed by atoms with Crippen LogP contribution in [0.2, 0.25) is 5.02 Å². The largest absolute Gasteiger partial charge is 0.350 e. The molecule has 3 rings (SSSR count). The third kappa shape index (κ3) is 6.61. The maximum Gasteiger partial charge on any atom is 0.241 e. The third-order valence-corrected chi connectivity index (χ3v) is 5.05. The summed E-state index contributed by atoms with van der Waals surface area (Å²) in [4.78, 5) is 14.7. The van der Waals surface area contributed by atoms with Crippen LogP contribution < -0.4 is 11.1 Å². The maximum atomic E-state index is 13.2. The zero-order valence-corrected chi connectivity index (χ0v) is 17.7. The molecule has 2 aromatic rings. The number of halogens is 4. The first-order valence-corrected chi connectivity index (χ1v) is 9.18. The van der Waals surface area contributed by atoms with Crippen molar-refractivity contribution in [2.75, 3.05) is 13.1 Å². The Morgan fingerprint density at radius 3 is 2.64 bits per heavy atom. The molecule has 4 nitrogen and oxygen atoms in total. The van der Waals surface area contributed by atoms with Gasteiger partial charge >= 0.3 is 0 Å². The molecule has 1 saturated heterocycles. The van der Waals surface area contributed by atoms with Crippen LogP contribution in [0.1, 0.15) is 30.0 Å². The Labute approximate surface area is 182 Å². The minimum atomic E-state index is -0.668. The predicted octanol–water partition coefficient (Wildman–Crippen LogP) is 4.10. The van der Waals surface area contributed by atoms with Crippen molar-refractivity contribution in [1.82, 2.24) is 10.2 Å². The Morgan fingerprint density at radius 2 is 1.96 bits per heavy atom. The summed E-state index contributed by atoms with van der Waals surface area (Å²) in [6.07, 6.45) is 1.89. The first kappa shape index (κ1) is 24.7. The van der Waals surface area contributed by atoms with Crippen molar-refractivity contribution < 1.29 is 9.18 Å². The highest BCUT2D eigenvalue weighted by Gasteiger charge is 2.24. The van der Waals surface area contributed by atoms with Crippen molar-refractivity contribution >= 4 is 42.3 Å². The van der Waals surface area contributed by atoms with Crippen molar-refractivity contribution in [3.63, 3.8) is 0 Å². The number of amides is 1. The molecule has 0 radical (unpaired) electrons. The van der Waals surface area contributed by atoms with Crippen molar-refractivity contribution in [2.45, 2.75) is 31.5 Å². The van der Waals surface area contributed by atoms with E-state index in [0.717, 1.165) is 37.1 Å². The molecule has 0 aliphatic carbocycles. The van der Waals surface area contributed by atoms with E-state index in [-0.39, 0.29) is 42.6 Å². The summed E-state index contributed by atoms with van der Waals surface area (Å²) in [6.45, 7) is 2.28. The number of hydrogen-bond donors (Lipinski definition) is 2. The van der Waals surface area contributed by atoms with Gasteiger partial charge in [-0.05, 0) is 42.6 Å². The topological polar surface area (TPSA) is 58.4 Å². The highest BCUT2D eigenvalue weighted by atomic mass is 35.5. The number of rotatable bonds is 5. The number of nitrogens with zero attached hydrogens (tertiary/aromatic N) is 1. The summed E-state index contributed by atoms with van der Waals surface area (Å²) in [6, 6.07) is 13.2. The number of carbonyl (C=O) groups excluding carboxylic acids is 1. The molecular formula is C20H25Cl3FN3O. The molecule has 2 unspecified atom stereocenters. The zero-order chi connectivity index (χ0) is 18.5. The fourth-order valence-corrected chi connectivity index (χ4v) is 3.54. The molecular weight excluding hydrogens is 424 g/mol. The lowest BCUT2D eigenvalue weighted by Crippen LogP contribution is -2.49. The SMILES string of the molecule is Cl.Cl.NC(C(=O)NC1CCCN(Cc2ccc(F)cc2Cl)C1)c1ccccc1. The quantitative estimate of drug-likeness (QED) is 0.724. The Hall–Kier alpha value is -1.37. The van der Waals surface area contributed by atoms with E-state index in [1.165, 1.54) is 12.1 Å². The summed E-state index contributed by atoms with van der Waals surface area (Å²) in [5.74, 6) is -0.500. The molecule has 0 saturated carbocycles. The second kappa shape index (κ2) is 11.6. The van der Waals surface area contributed by atoms with Gasteiger partial charge < -0.3 is 11.1 Å². The van der Waals surface area contributed by atoms with Crippen LogP contribution in [0.4, 0.5) is 4.39 Å². The van der Waals surface area contributed by atoms with E-state index in [0.29, 0.717) is 11.6 Å². The van der Waals surface area contributed by atoms with Crippen LogP contribution in [0.25, 0.3) is 0 Å². The first-order chi connectivity index (χ1) is 12.5. The monoisotopic (exact) mass is 447 g/mol. The molecule has 154 valence electrons. The van der Waals surface area contributed by atoms with Gasteiger partial charge in [0.25, 0.3) is 0 Å². The van der Waals surface area contributed by atoms with Crippen LogP contribution in [-0.2, 0) is 11.3 Å². The predicted molar refractivity (Wildman–Crippen MR) is 116 cm³/mol. The Morgan fingerprint density at radius 1 is 1.25 bits per heavy atom. The summed E-state index contributed by atoms with van der Waals surface area (Å²) in [5, 5.41) is 3.49. The first-order valence-electron chi connectivity index (χ1n) is 8.80. The van der Waals surface area contributed by atoms with Crippen molar-refractivity contribution in [3.05, 3.63) is 70.5 Å². The second-order valence-corrected chi connectivity index (χ2v) is 7.11. The molecule has 1 aliphatic heterocycles. The van der Waals surface area contributed by atoms with E-state index in [4.69, 9.17) is 17.3 Å². The van der Waals surface area contributed by atoms with Crippen LogP contribution >= 0.6 is 36.4 Å². The molecule has 0 spiro atoms. The zero-order valence-electron chi connectivity index (χ0n) is 15.3. The number of nitrogens with two attached hydrogens (primary N) is 1. The fourth-order valence-electron chi connectivity index (χ4n) is 3.31. The number of benzene rings is 2. The van der Waals surface area contributed by atoms with Crippen LogP contribution in [0.5, 0.6) is 0 Å². The molecule has 2 atom stereocenters. The summed E-state index contributed by atoms with van der Waals surface area (Å²) < 4.78 is 13.2. The van der Waals surface area contributed by atoms with Crippen LogP contribution in [0.3, 0.4) is 0 Å². The molecule has 1 fully saturated rings. The van der Waals surface area contributed by atoms with Gasteiger partial charge in [0, 0.05) is 24.2 Å². The van der Waals surface area contributed by atoms with Gasteiger partial charge in [-0.15, -0.1) is 24.8 Å². The number of carbonyl (C=O) groups is 1. The van der Waals surface area contributed by atoms with Gasteiger partial charge in [0.1, 0.15) is 11.9 Å². The van der Waals surface area contributed by atoms with Gasteiger partial charge in [-0.3, -0.25) is 9.69 Å². The van der Waals surface area contributed by atoms with Gasteiger partial charge in [0.05, 0.1) is 0 Å². The smallest absolute Gasteiger partial charge is 0.241 e. The number of likely N-dealkylation sites (tertiary alicyclic amines) is 1. The normalized spacial score (nSPS) is 17.8. The molecule has 2 aromatic carbocycles. The van der Waals surface area contributed by atoms with E-state index in [1.54, 1.807) is 6.07 Å². The van der Waals surface area contributed by atoms with Gasteiger partial charge in [-0.1, -0.05) is 48.0 Å². The number of piperidine rings is 1. The number of nitrogens with one attached hydrogen (secondary N) is 1. The minimum absolute atomic E-state index is 0. The minimum Gasteiger partial charge on any atom is -0.350 e. The number of hydrogen-bond acceptors (Lipinski definition) is 3. The summed E-state index contributed by atoms with van der Waals surface area (Å²) >= 11 is 6.13. The molecule has 1 aliphatic rings. The van der Waals surface area contributed by atoms with E-state index in [2.05, 4.69) is 10.2 Å². The average Bonchev–Trinajstić information content (AvgIpc) is 2.64. The summed E-state index contributed by atoms with van der Waals surface area (Å²) in [5.41, 5.74) is 7.76. The Bertz CT molecular complexity index is 764. The third-order valence-electron chi connectivity index (χ3n) is 4.70. The molecule has 3 N–H and O–H groups in total. The fraction of sp³-hybridized carbons (Fsp3) is 0.350. The molecule has 28 heavy (non-hydrogen) atoms. The lowest BCUT2D eigenvalue weighted by atomic mass is 10.0. The molecule has 8 heteroatoms. The van der Waals surface area contributed by atoms with Crippen molar-refractivity contribution in [2.24, 2.45) is 5.73 Å². The lowest BCUT2D eigenvalue weighted by molar-refractivity contribution is -0.123. The van der Waals surface area contributed by atoms with Gasteiger partial charge in [0.2, 0.25) is 5.91 Å². The molecule has 0 bridgehead atoms. The second-order valence-electron chi connectivity index (χ2n) is 6.71. The van der Waals surface area contributed by atoms with Crippen LogP contribution in [-0.4, -0.2) is 29.9 Å². The summed E-state index contributed by atoms with van der Waals surface area (Å²) in [7, 11) is 0.